The Balaban J connectivity index is 0.00000225. The van der Waals surface area contributed by atoms with E-state index in [0.717, 1.165) is 18.5 Å². The number of carboxylic acids is 1. The number of pyridine rings is 1. The second-order valence-electron chi connectivity index (χ2n) is 3.63. The van der Waals surface area contributed by atoms with E-state index < -0.39 is 5.97 Å². The summed E-state index contributed by atoms with van der Waals surface area (Å²) in [4.78, 5) is 14.7. The molecular weight excluding hydrogens is 213 g/mol. The van der Waals surface area contributed by atoms with Crippen LogP contribution in [0.1, 0.15) is 37.6 Å². The largest absolute Gasteiger partial charge is 1.00 e. The van der Waals surface area contributed by atoms with Crippen LogP contribution in [0.5, 0.6) is 0 Å². The number of rotatable bonds is 6. The van der Waals surface area contributed by atoms with E-state index in [2.05, 4.69) is 11.9 Å². The predicted octanol–water partition coefficient (Wildman–Crippen LogP) is -1.89. The number of carbonyl (C=O) groups excluding carboxylic acids is 1. The number of carbonyl (C=O) groups is 1. The van der Waals surface area contributed by atoms with Gasteiger partial charge in [0, 0.05) is 23.8 Å². The van der Waals surface area contributed by atoms with E-state index >= 15 is 0 Å². The maximum atomic E-state index is 10.4. The Labute approximate surface area is 119 Å². The first-order valence-corrected chi connectivity index (χ1v) is 5.37. The van der Waals surface area contributed by atoms with Gasteiger partial charge in [-0.3, -0.25) is 4.98 Å². The molecular formula is C12H16NNaO2. The van der Waals surface area contributed by atoms with Gasteiger partial charge >= 0.3 is 29.6 Å². The molecule has 0 unspecified atom stereocenters. The van der Waals surface area contributed by atoms with E-state index in [1.54, 1.807) is 6.07 Å². The fourth-order valence-corrected chi connectivity index (χ4v) is 1.47. The maximum Gasteiger partial charge on any atom is 1.00 e. The average Bonchev–Trinajstić information content (AvgIpc) is 2.18. The smallest absolute Gasteiger partial charge is 0.550 e. The van der Waals surface area contributed by atoms with Crippen molar-refractivity contribution in [1.82, 2.24) is 4.98 Å². The van der Waals surface area contributed by atoms with E-state index in [4.69, 9.17) is 0 Å². The Morgan fingerprint density at radius 3 is 2.62 bits per heavy atom. The van der Waals surface area contributed by atoms with Crippen molar-refractivity contribution in [1.29, 1.82) is 0 Å². The average molecular weight is 229 g/mol. The molecule has 0 radical (unpaired) electrons. The third-order valence-electron chi connectivity index (χ3n) is 2.23. The Morgan fingerprint density at radius 2 is 2.00 bits per heavy atom. The zero-order valence-corrected chi connectivity index (χ0v) is 12.0. The fraction of sp³-hybridized carbons (Fsp3) is 0.500. The summed E-state index contributed by atoms with van der Waals surface area (Å²) in [6, 6.07) is 5.51. The normalized spacial score (nSPS) is 9.56. The molecule has 0 spiro atoms. The molecule has 0 saturated carbocycles. The SMILES string of the molecule is CCCCCc1cccc(CC(=O)[O-])n1.[Na+]. The van der Waals surface area contributed by atoms with Crippen LogP contribution in [-0.2, 0) is 17.6 Å². The summed E-state index contributed by atoms with van der Waals surface area (Å²) in [5, 5.41) is 10.4. The molecule has 1 heterocycles. The molecule has 1 rings (SSSR count). The van der Waals surface area contributed by atoms with Crippen LogP contribution in [0.3, 0.4) is 0 Å². The molecule has 0 saturated heterocycles. The zero-order valence-electron chi connectivity index (χ0n) is 10.0. The third-order valence-corrected chi connectivity index (χ3v) is 2.23. The fourth-order valence-electron chi connectivity index (χ4n) is 1.47. The first-order chi connectivity index (χ1) is 7.22. The van der Waals surface area contributed by atoms with E-state index in [9.17, 15) is 9.90 Å². The van der Waals surface area contributed by atoms with Gasteiger partial charge in [0.25, 0.3) is 0 Å². The van der Waals surface area contributed by atoms with Crippen molar-refractivity contribution in [3.05, 3.63) is 29.6 Å². The molecule has 0 amide bonds. The molecule has 3 nitrogen and oxygen atoms in total. The van der Waals surface area contributed by atoms with Crippen LogP contribution >= 0.6 is 0 Å². The predicted molar refractivity (Wildman–Crippen MR) is 56.2 cm³/mol. The van der Waals surface area contributed by atoms with Crippen molar-refractivity contribution in [3.8, 4) is 0 Å². The Bertz CT molecular complexity index is 329. The van der Waals surface area contributed by atoms with Crippen LogP contribution in [-0.4, -0.2) is 11.0 Å². The molecule has 0 aliphatic carbocycles. The topological polar surface area (TPSA) is 53.0 Å². The van der Waals surface area contributed by atoms with Crippen LogP contribution < -0.4 is 34.7 Å². The van der Waals surface area contributed by atoms with Crippen molar-refractivity contribution in [2.75, 3.05) is 0 Å². The summed E-state index contributed by atoms with van der Waals surface area (Å²) in [6.07, 6.45) is 4.31. The third kappa shape index (κ3) is 6.26. The molecule has 0 aliphatic heterocycles. The second kappa shape index (κ2) is 8.74. The molecule has 0 aliphatic rings. The number of hydrogen-bond acceptors (Lipinski definition) is 3. The Hall–Kier alpha value is -0.380. The number of unbranched alkanes of at least 4 members (excludes halogenated alkanes) is 2. The van der Waals surface area contributed by atoms with Crippen LogP contribution in [0.4, 0.5) is 0 Å². The van der Waals surface area contributed by atoms with Crippen LogP contribution in [0.15, 0.2) is 18.2 Å². The van der Waals surface area contributed by atoms with E-state index in [1.165, 1.54) is 12.8 Å². The summed E-state index contributed by atoms with van der Waals surface area (Å²) < 4.78 is 0. The Kier molecular flexibility index (Phi) is 8.53. The van der Waals surface area contributed by atoms with Gasteiger partial charge in [0.1, 0.15) is 0 Å². The summed E-state index contributed by atoms with van der Waals surface area (Å²) in [5.41, 5.74) is 1.56. The molecule has 0 N–H and O–H groups in total. The van der Waals surface area contributed by atoms with E-state index in [1.807, 2.05) is 12.1 Å². The minimum atomic E-state index is -1.08. The van der Waals surface area contributed by atoms with Crippen LogP contribution in [0.2, 0.25) is 0 Å². The number of aliphatic carboxylic acids is 1. The molecule has 0 fully saturated rings. The minimum Gasteiger partial charge on any atom is -0.550 e. The molecule has 1 aromatic rings. The van der Waals surface area contributed by atoms with Gasteiger partial charge in [0.2, 0.25) is 0 Å². The number of carboxylic acid groups (broad SMARTS) is 1. The monoisotopic (exact) mass is 229 g/mol. The van der Waals surface area contributed by atoms with E-state index in [0.29, 0.717) is 5.69 Å². The molecule has 0 atom stereocenters. The van der Waals surface area contributed by atoms with Crippen molar-refractivity contribution in [2.24, 2.45) is 0 Å². The minimum absolute atomic E-state index is 0. The molecule has 1 aromatic heterocycles. The molecule has 16 heavy (non-hydrogen) atoms. The molecule has 4 heteroatoms. The summed E-state index contributed by atoms with van der Waals surface area (Å²) in [6.45, 7) is 2.15. The van der Waals surface area contributed by atoms with Gasteiger partial charge in [-0.2, -0.15) is 0 Å². The summed E-state index contributed by atoms with van der Waals surface area (Å²) in [5.74, 6) is -1.08. The molecule has 0 bridgehead atoms. The van der Waals surface area contributed by atoms with Crippen molar-refractivity contribution < 1.29 is 39.5 Å². The van der Waals surface area contributed by atoms with Crippen molar-refractivity contribution in [2.45, 2.75) is 39.0 Å². The summed E-state index contributed by atoms with van der Waals surface area (Å²) >= 11 is 0. The number of aromatic nitrogens is 1. The second-order valence-corrected chi connectivity index (χ2v) is 3.63. The maximum absolute atomic E-state index is 10.4. The molecule has 0 aromatic carbocycles. The first kappa shape index (κ1) is 15.6. The van der Waals surface area contributed by atoms with Gasteiger partial charge in [-0.25, -0.2) is 0 Å². The van der Waals surface area contributed by atoms with Crippen molar-refractivity contribution in [3.63, 3.8) is 0 Å². The quantitative estimate of drug-likeness (QED) is 0.423. The van der Waals surface area contributed by atoms with Crippen LogP contribution in [0, 0.1) is 0 Å². The van der Waals surface area contributed by atoms with Crippen LogP contribution in [0.25, 0.3) is 0 Å². The standard InChI is InChI=1S/C12H17NO2.Na/c1-2-3-4-6-10-7-5-8-11(13-10)9-12(14)15;/h5,7-8H,2-4,6,9H2,1H3,(H,14,15);/q;+1/p-1. The van der Waals surface area contributed by atoms with Gasteiger partial charge in [0.15, 0.2) is 0 Å². The summed E-state index contributed by atoms with van der Waals surface area (Å²) in [7, 11) is 0. The van der Waals surface area contributed by atoms with Gasteiger partial charge in [0.05, 0.1) is 0 Å². The number of aryl methyl sites for hydroxylation is 1. The van der Waals surface area contributed by atoms with Gasteiger partial charge in [-0.1, -0.05) is 25.8 Å². The van der Waals surface area contributed by atoms with Gasteiger partial charge < -0.3 is 9.90 Å². The molecule has 82 valence electrons. The van der Waals surface area contributed by atoms with Crippen molar-refractivity contribution >= 4 is 5.97 Å². The zero-order chi connectivity index (χ0) is 11.1. The van der Waals surface area contributed by atoms with E-state index in [-0.39, 0.29) is 36.0 Å². The first-order valence-electron chi connectivity index (χ1n) is 5.37. The Morgan fingerprint density at radius 1 is 1.31 bits per heavy atom. The number of hydrogen-bond donors (Lipinski definition) is 0. The number of nitrogens with zero attached hydrogens (tertiary/aromatic N) is 1. The van der Waals surface area contributed by atoms with Gasteiger partial charge in [-0.05, 0) is 25.0 Å². The van der Waals surface area contributed by atoms with Gasteiger partial charge in [-0.15, -0.1) is 0 Å².